The Labute approximate surface area is 67.2 Å². The Bertz CT molecular complexity index is 184. The summed E-state index contributed by atoms with van der Waals surface area (Å²) >= 11 is 0. The lowest BCUT2D eigenvalue weighted by molar-refractivity contribution is -0.142. The topological polar surface area (TPSA) is 26.3 Å². The number of ether oxygens (including phenoxy) is 1. The Morgan fingerprint density at radius 2 is 2.18 bits per heavy atom. The van der Waals surface area contributed by atoms with Crippen molar-refractivity contribution in [3.05, 3.63) is 12.2 Å². The lowest BCUT2D eigenvalue weighted by Gasteiger charge is -1.93. The van der Waals surface area contributed by atoms with Crippen LogP contribution in [0.5, 0.6) is 0 Å². The fourth-order valence-electron chi connectivity index (χ4n) is 1.52. The highest BCUT2D eigenvalue weighted by atomic mass is 16.5. The van der Waals surface area contributed by atoms with Crippen molar-refractivity contribution in [2.75, 3.05) is 7.11 Å². The normalized spacial score (nSPS) is 35.7. The fraction of sp³-hybridized carbons (Fsp3) is 0.667. The first-order chi connectivity index (χ1) is 5.22. The van der Waals surface area contributed by atoms with Crippen molar-refractivity contribution >= 4 is 5.97 Å². The van der Waals surface area contributed by atoms with Crippen LogP contribution < -0.4 is 0 Å². The third kappa shape index (κ3) is 1.44. The summed E-state index contributed by atoms with van der Waals surface area (Å²) in [7, 11) is 1.44. The SMILES string of the molecule is CC=CC1C(C)C1C(=O)OC. The maximum atomic E-state index is 11.0. The van der Waals surface area contributed by atoms with Crippen LogP contribution in [0, 0.1) is 17.8 Å². The molecule has 0 aromatic heterocycles. The van der Waals surface area contributed by atoms with Crippen molar-refractivity contribution in [3.8, 4) is 0 Å². The highest BCUT2D eigenvalue weighted by Crippen LogP contribution is 2.47. The van der Waals surface area contributed by atoms with Gasteiger partial charge < -0.3 is 4.74 Å². The molecule has 0 radical (unpaired) electrons. The van der Waals surface area contributed by atoms with E-state index in [1.54, 1.807) is 0 Å². The molecule has 1 aliphatic rings. The van der Waals surface area contributed by atoms with Crippen LogP contribution in [0.25, 0.3) is 0 Å². The van der Waals surface area contributed by atoms with Crippen molar-refractivity contribution in [3.63, 3.8) is 0 Å². The number of carbonyl (C=O) groups excluding carboxylic acids is 1. The van der Waals surface area contributed by atoms with Gasteiger partial charge in [0, 0.05) is 0 Å². The van der Waals surface area contributed by atoms with Gasteiger partial charge in [-0.05, 0) is 18.8 Å². The van der Waals surface area contributed by atoms with Crippen LogP contribution in [0.2, 0.25) is 0 Å². The molecule has 1 aliphatic carbocycles. The highest BCUT2D eigenvalue weighted by Gasteiger charge is 2.50. The van der Waals surface area contributed by atoms with Crippen molar-refractivity contribution < 1.29 is 9.53 Å². The number of carbonyl (C=O) groups is 1. The minimum atomic E-state index is -0.0689. The van der Waals surface area contributed by atoms with Crippen LogP contribution in [0.15, 0.2) is 12.2 Å². The molecule has 11 heavy (non-hydrogen) atoms. The predicted molar refractivity (Wildman–Crippen MR) is 43.0 cm³/mol. The van der Waals surface area contributed by atoms with Crippen molar-refractivity contribution in [1.29, 1.82) is 0 Å². The Hall–Kier alpha value is -0.790. The minimum Gasteiger partial charge on any atom is -0.469 e. The average molecular weight is 154 g/mol. The highest BCUT2D eigenvalue weighted by molar-refractivity contribution is 5.76. The number of hydrogen-bond donors (Lipinski definition) is 0. The molecule has 0 aliphatic heterocycles. The third-order valence-corrected chi connectivity index (χ3v) is 2.34. The molecule has 0 aromatic carbocycles. The summed E-state index contributed by atoms with van der Waals surface area (Å²) in [6.07, 6.45) is 4.07. The monoisotopic (exact) mass is 154 g/mol. The number of rotatable bonds is 2. The van der Waals surface area contributed by atoms with E-state index in [9.17, 15) is 4.79 Å². The summed E-state index contributed by atoms with van der Waals surface area (Å²) in [6.45, 7) is 4.05. The van der Waals surface area contributed by atoms with Gasteiger partial charge >= 0.3 is 5.97 Å². The van der Waals surface area contributed by atoms with E-state index in [4.69, 9.17) is 0 Å². The van der Waals surface area contributed by atoms with Crippen molar-refractivity contribution in [2.24, 2.45) is 17.8 Å². The lowest BCUT2D eigenvalue weighted by Crippen LogP contribution is -2.04. The Morgan fingerprint density at radius 3 is 2.64 bits per heavy atom. The molecule has 62 valence electrons. The molecule has 0 bridgehead atoms. The smallest absolute Gasteiger partial charge is 0.309 e. The molecule has 0 N–H and O–H groups in total. The second kappa shape index (κ2) is 3.07. The molecule has 1 fully saturated rings. The molecule has 0 heterocycles. The van der Waals surface area contributed by atoms with Gasteiger partial charge in [-0.25, -0.2) is 0 Å². The van der Waals surface area contributed by atoms with Gasteiger partial charge in [-0.1, -0.05) is 19.1 Å². The minimum absolute atomic E-state index is 0.0689. The standard InChI is InChI=1S/C9H14O2/c1-4-5-7-6(2)8(7)9(10)11-3/h4-8H,1-3H3. The molecule has 2 heteroatoms. The Kier molecular flexibility index (Phi) is 2.32. The fourth-order valence-corrected chi connectivity index (χ4v) is 1.52. The summed E-state index contributed by atoms with van der Waals surface area (Å²) in [6, 6.07) is 0. The first-order valence-electron chi connectivity index (χ1n) is 3.93. The molecule has 0 saturated heterocycles. The zero-order valence-corrected chi connectivity index (χ0v) is 7.20. The van der Waals surface area contributed by atoms with Gasteiger partial charge in [0.05, 0.1) is 13.0 Å². The van der Waals surface area contributed by atoms with E-state index in [1.807, 2.05) is 13.0 Å². The average Bonchev–Trinajstić information content (AvgIpc) is 2.62. The number of esters is 1. The summed E-state index contributed by atoms with van der Waals surface area (Å²) in [4.78, 5) is 11.0. The van der Waals surface area contributed by atoms with Crippen LogP contribution >= 0.6 is 0 Å². The van der Waals surface area contributed by atoms with Gasteiger partial charge in [0.25, 0.3) is 0 Å². The van der Waals surface area contributed by atoms with Gasteiger partial charge in [0.1, 0.15) is 0 Å². The van der Waals surface area contributed by atoms with E-state index >= 15 is 0 Å². The van der Waals surface area contributed by atoms with Crippen LogP contribution in [-0.2, 0) is 9.53 Å². The molecular weight excluding hydrogens is 140 g/mol. The number of hydrogen-bond acceptors (Lipinski definition) is 2. The third-order valence-electron chi connectivity index (χ3n) is 2.34. The largest absolute Gasteiger partial charge is 0.469 e. The van der Waals surface area contributed by atoms with E-state index in [0.717, 1.165) is 0 Å². The first kappa shape index (κ1) is 8.31. The van der Waals surface area contributed by atoms with Crippen LogP contribution in [0.4, 0.5) is 0 Å². The molecule has 3 atom stereocenters. The molecule has 0 aromatic rings. The first-order valence-corrected chi connectivity index (χ1v) is 3.93. The summed E-state index contributed by atoms with van der Waals surface area (Å²) in [5, 5.41) is 0. The maximum Gasteiger partial charge on any atom is 0.309 e. The summed E-state index contributed by atoms with van der Waals surface area (Å²) < 4.78 is 4.65. The molecule has 1 rings (SSSR count). The van der Waals surface area contributed by atoms with E-state index in [0.29, 0.717) is 11.8 Å². The molecule has 0 amide bonds. The van der Waals surface area contributed by atoms with Crippen molar-refractivity contribution in [1.82, 2.24) is 0 Å². The van der Waals surface area contributed by atoms with Gasteiger partial charge in [0.15, 0.2) is 0 Å². The van der Waals surface area contributed by atoms with Gasteiger partial charge in [-0.15, -0.1) is 0 Å². The molecular formula is C9H14O2. The Morgan fingerprint density at radius 1 is 1.55 bits per heavy atom. The van der Waals surface area contributed by atoms with Crippen LogP contribution in [0.1, 0.15) is 13.8 Å². The summed E-state index contributed by atoms with van der Waals surface area (Å²) in [5.74, 6) is 0.947. The molecule has 2 nitrogen and oxygen atoms in total. The molecule has 3 unspecified atom stereocenters. The van der Waals surface area contributed by atoms with Gasteiger partial charge in [0.2, 0.25) is 0 Å². The maximum absolute atomic E-state index is 11.0. The summed E-state index contributed by atoms with van der Waals surface area (Å²) in [5.41, 5.74) is 0. The van der Waals surface area contributed by atoms with E-state index in [-0.39, 0.29) is 11.9 Å². The lowest BCUT2D eigenvalue weighted by atomic mass is 10.3. The second-order valence-corrected chi connectivity index (χ2v) is 3.01. The number of allylic oxidation sites excluding steroid dienone is 2. The van der Waals surface area contributed by atoms with Crippen LogP contribution in [0.3, 0.4) is 0 Å². The quantitative estimate of drug-likeness (QED) is 0.446. The molecule has 0 spiro atoms. The van der Waals surface area contributed by atoms with E-state index in [1.165, 1.54) is 7.11 Å². The zero-order chi connectivity index (χ0) is 8.43. The second-order valence-electron chi connectivity index (χ2n) is 3.01. The van der Waals surface area contributed by atoms with E-state index < -0.39 is 0 Å². The van der Waals surface area contributed by atoms with Gasteiger partial charge in [-0.3, -0.25) is 4.79 Å². The van der Waals surface area contributed by atoms with Crippen molar-refractivity contribution in [2.45, 2.75) is 13.8 Å². The van der Waals surface area contributed by atoms with Crippen LogP contribution in [-0.4, -0.2) is 13.1 Å². The Balaban J connectivity index is 2.47. The zero-order valence-electron chi connectivity index (χ0n) is 7.20. The van der Waals surface area contributed by atoms with Gasteiger partial charge in [-0.2, -0.15) is 0 Å². The van der Waals surface area contributed by atoms with E-state index in [2.05, 4.69) is 17.7 Å². The predicted octanol–water partition coefficient (Wildman–Crippen LogP) is 1.62. The molecule has 1 saturated carbocycles. The number of methoxy groups -OCH3 is 1.